The van der Waals surface area contributed by atoms with Gasteiger partial charge in [-0.15, -0.1) is 0 Å². The standard InChI is InChI=1S/C25H20F5N3O4/c1-3-37-25(35)12-8-17(28)23-19(9-12)33(6-7-36-2)20(32-23)11-13-16(27)10-14(22(30)21(13)29)18-5-4-15(26)24(34)31-18/h4-5,8-10H,3,6-7,11H2,1-2H3,(H,31,34). The van der Waals surface area contributed by atoms with E-state index in [-0.39, 0.29) is 47.9 Å². The largest absolute Gasteiger partial charge is 0.462 e. The Morgan fingerprint density at radius 1 is 1.03 bits per heavy atom. The quantitative estimate of drug-likeness (QED) is 0.210. The van der Waals surface area contributed by atoms with Gasteiger partial charge >= 0.3 is 5.97 Å². The number of benzene rings is 2. The van der Waals surface area contributed by atoms with E-state index in [1.54, 1.807) is 6.92 Å². The molecule has 37 heavy (non-hydrogen) atoms. The average Bonchev–Trinajstić information content (AvgIpc) is 3.22. The van der Waals surface area contributed by atoms with Crippen LogP contribution in [0.1, 0.15) is 28.7 Å². The third-order valence-electron chi connectivity index (χ3n) is 5.66. The number of H-pyrrole nitrogens is 1. The molecule has 1 N–H and O–H groups in total. The molecule has 0 fully saturated rings. The summed E-state index contributed by atoms with van der Waals surface area (Å²) in [5.74, 6) is -7.00. The summed E-state index contributed by atoms with van der Waals surface area (Å²) in [6.07, 6.45) is -0.582. The maximum absolute atomic E-state index is 15.1. The Morgan fingerprint density at radius 3 is 2.46 bits per heavy atom. The second-order valence-corrected chi connectivity index (χ2v) is 7.96. The molecule has 2 heterocycles. The van der Waals surface area contributed by atoms with E-state index >= 15 is 8.78 Å². The van der Waals surface area contributed by atoms with Gasteiger partial charge in [-0.1, -0.05) is 0 Å². The first-order valence-electron chi connectivity index (χ1n) is 11.1. The topological polar surface area (TPSA) is 86.2 Å². The molecule has 0 saturated carbocycles. The zero-order valence-corrected chi connectivity index (χ0v) is 19.6. The minimum Gasteiger partial charge on any atom is -0.462 e. The third kappa shape index (κ3) is 4.96. The summed E-state index contributed by atoms with van der Waals surface area (Å²) in [6.45, 7) is 1.85. The van der Waals surface area contributed by atoms with E-state index in [1.165, 1.54) is 17.7 Å². The number of ether oxygens (including phenoxy) is 2. The van der Waals surface area contributed by atoms with E-state index in [9.17, 15) is 22.8 Å². The maximum Gasteiger partial charge on any atom is 0.338 e. The van der Waals surface area contributed by atoms with Crippen LogP contribution in [0.4, 0.5) is 22.0 Å². The minimum absolute atomic E-state index is 0.0212. The van der Waals surface area contributed by atoms with Crippen molar-refractivity contribution in [1.82, 2.24) is 14.5 Å². The SMILES string of the molecule is CCOC(=O)c1cc(F)c2nc(Cc3c(F)cc(-c4ccc(F)c(=O)[nH]4)c(F)c3F)n(CCOC)c2c1. The highest BCUT2D eigenvalue weighted by Crippen LogP contribution is 2.30. The number of hydrogen-bond acceptors (Lipinski definition) is 5. The number of imidazole rings is 1. The Morgan fingerprint density at radius 2 is 1.78 bits per heavy atom. The van der Waals surface area contributed by atoms with Gasteiger partial charge in [-0.2, -0.15) is 0 Å². The van der Waals surface area contributed by atoms with Crippen LogP contribution in [0.5, 0.6) is 0 Å². The zero-order valence-electron chi connectivity index (χ0n) is 19.6. The summed E-state index contributed by atoms with van der Waals surface area (Å²) in [5, 5.41) is 0. The van der Waals surface area contributed by atoms with E-state index in [0.29, 0.717) is 6.07 Å². The number of aromatic amines is 1. The molecule has 0 aliphatic heterocycles. The minimum atomic E-state index is -1.56. The molecular weight excluding hydrogens is 501 g/mol. The summed E-state index contributed by atoms with van der Waals surface area (Å²) < 4.78 is 84.6. The number of halogens is 5. The van der Waals surface area contributed by atoms with Crippen LogP contribution < -0.4 is 5.56 Å². The number of methoxy groups -OCH3 is 1. The first kappa shape index (κ1) is 26.0. The van der Waals surface area contributed by atoms with Crippen molar-refractivity contribution in [2.75, 3.05) is 20.3 Å². The van der Waals surface area contributed by atoms with E-state index in [1.807, 2.05) is 4.98 Å². The summed E-state index contributed by atoms with van der Waals surface area (Å²) >= 11 is 0. The molecule has 0 aliphatic rings. The molecule has 4 aromatic rings. The second-order valence-electron chi connectivity index (χ2n) is 7.96. The number of carbonyl (C=O) groups is 1. The number of rotatable bonds is 8. The molecule has 2 aromatic carbocycles. The van der Waals surface area contributed by atoms with Gasteiger partial charge in [0, 0.05) is 31.2 Å². The number of nitrogens with zero attached hydrogens (tertiary/aromatic N) is 2. The van der Waals surface area contributed by atoms with Crippen LogP contribution in [0, 0.1) is 29.1 Å². The Bertz CT molecular complexity index is 1560. The van der Waals surface area contributed by atoms with E-state index < -0.39 is 58.2 Å². The zero-order chi connectivity index (χ0) is 26.9. The maximum atomic E-state index is 15.1. The van der Waals surface area contributed by atoms with E-state index in [2.05, 4.69) is 4.98 Å². The number of esters is 1. The van der Waals surface area contributed by atoms with Crippen molar-refractivity contribution in [3.05, 3.63) is 86.7 Å². The predicted octanol–water partition coefficient (Wildman–Crippen LogP) is 4.50. The Kier molecular flexibility index (Phi) is 7.39. The Balaban J connectivity index is 1.82. The summed E-state index contributed by atoms with van der Waals surface area (Å²) in [4.78, 5) is 29.9. The lowest BCUT2D eigenvalue weighted by Crippen LogP contribution is -2.13. The molecule has 4 rings (SSSR count). The van der Waals surface area contributed by atoms with Crippen LogP contribution in [0.15, 0.2) is 35.1 Å². The fourth-order valence-corrected chi connectivity index (χ4v) is 3.89. The second kappa shape index (κ2) is 10.5. The predicted molar refractivity (Wildman–Crippen MR) is 123 cm³/mol. The van der Waals surface area contributed by atoms with E-state index in [4.69, 9.17) is 9.47 Å². The first-order chi connectivity index (χ1) is 17.7. The van der Waals surface area contributed by atoms with Gasteiger partial charge in [0.05, 0.1) is 30.0 Å². The highest BCUT2D eigenvalue weighted by molar-refractivity contribution is 5.94. The number of pyridine rings is 1. The number of nitrogens with one attached hydrogen (secondary N) is 1. The average molecular weight is 521 g/mol. The van der Waals surface area contributed by atoms with Gasteiger partial charge in [0.15, 0.2) is 23.3 Å². The molecule has 0 atom stereocenters. The highest BCUT2D eigenvalue weighted by atomic mass is 19.2. The summed E-state index contributed by atoms with van der Waals surface area (Å²) in [6, 6.07) is 4.66. The molecule has 194 valence electrons. The normalized spacial score (nSPS) is 11.3. The molecule has 12 heteroatoms. The molecular formula is C25H20F5N3O4. The Hall–Kier alpha value is -4.06. The van der Waals surface area contributed by atoms with Crippen molar-refractivity contribution in [3.63, 3.8) is 0 Å². The van der Waals surface area contributed by atoms with Crippen LogP contribution in [-0.2, 0) is 22.4 Å². The van der Waals surface area contributed by atoms with E-state index in [0.717, 1.165) is 18.2 Å². The lowest BCUT2D eigenvalue weighted by Gasteiger charge is -2.12. The summed E-state index contributed by atoms with van der Waals surface area (Å²) in [7, 11) is 1.41. The number of aromatic nitrogens is 3. The van der Waals surface area contributed by atoms with Gasteiger partial charge in [-0.25, -0.2) is 31.7 Å². The smallest absolute Gasteiger partial charge is 0.338 e. The summed E-state index contributed by atoms with van der Waals surface area (Å²) in [5.41, 5.74) is -2.93. The third-order valence-corrected chi connectivity index (χ3v) is 5.66. The fraction of sp³-hybridized carbons (Fsp3) is 0.240. The molecule has 0 radical (unpaired) electrons. The molecule has 0 amide bonds. The van der Waals surface area contributed by atoms with Gasteiger partial charge in [-0.3, -0.25) is 4.79 Å². The van der Waals surface area contributed by atoms with Gasteiger partial charge in [0.1, 0.15) is 17.2 Å². The Labute approximate surface area is 206 Å². The molecule has 0 saturated heterocycles. The van der Waals surface area contributed by atoms with Crippen LogP contribution >= 0.6 is 0 Å². The van der Waals surface area contributed by atoms with Crippen molar-refractivity contribution in [3.8, 4) is 11.3 Å². The lowest BCUT2D eigenvalue weighted by molar-refractivity contribution is 0.0526. The first-order valence-corrected chi connectivity index (χ1v) is 11.1. The molecule has 7 nitrogen and oxygen atoms in total. The van der Waals surface area contributed by atoms with Gasteiger partial charge in [-0.05, 0) is 37.3 Å². The van der Waals surface area contributed by atoms with Crippen molar-refractivity contribution < 1.29 is 36.2 Å². The molecule has 0 bridgehead atoms. The number of hydrogen-bond donors (Lipinski definition) is 1. The van der Waals surface area contributed by atoms with Gasteiger partial charge < -0.3 is 19.0 Å². The van der Waals surface area contributed by atoms with Crippen LogP contribution in [0.3, 0.4) is 0 Å². The van der Waals surface area contributed by atoms with Crippen molar-refractivity contribution >= 4 is 17.0 Å². The number of fused-ring (bicyclic) bond motifs is 1. The van der Waals surface area contributed by atoms with Crippen molar-refractivity contribution in [1.29, 1.82) is 0 Å². The van der Waals surface area contributed by atoms with Crippen LogP contribution in [0.2, 0.25) is 0 Å². The monoisotopic (exact) mass is 521 g/mol. The van der Waals surface area contributed by atoms with Crippen LogP contribution in [-0.4, -0.2) is 40.8 Å². The lowest BCUT2D eigenvalue weighted by atomic mass is 10.0. The molecule has 2 aromatic heterocycles. The van der Waals surface area contributed by atoms with Crippen LogP contribution in [0.25, 0.3) is 22.3 Å². The molecule has 0 spiro atoms. The number of carbonyl (C=O) groups excluding carboxylic acids is 1. The molecule has 0 unspecified atom stereocenters. The highest BCUT2D eigenvalue weighted by Gasteiger charge is 2.24. The van der Waals surface area contributed by atoms with Crippen molar-refractivity contribution in [2.45, 2.75) is 19.9 Å². The van der Waals surface area contributed by atoms with Crippen molar-refractivity contribution in [2.24, 2.45) is 0 Å². The van der Waals surface area contributed by atoms with Gasteiger partial charge in [0.25, 0.3) is 5.56 Å². The van der Waals surface area contributed by atoms with Gasteiger partial charge in [0.2, 0.25) is 0 Å². The fourth-order valence-electron chi connectivity index (χ4n) is 3.89. The molecule has 0 aliphatic carbocycles.